The van der Waals surface area contributed by atoms with Crippen LogP contribution in [0.2, 0.25) is 0 Å². The Bertz CT molecular complexity index is 672. The lowest BCUT2D eigenvalue weighted by Crippen LogP contribution is -2.04. The molecule has 0 aliphatic carbocycles. The van der Waals surface area contributed by atoms with Crippen LogP contribution in [-0.2, 0) is 4.79 Å². The highest BCUT2D eigenvalue weighted by atomic mass is 16.6. The van der Waals surface area contributed by atoms with Gasteiger partial charge in [-0.2, -0.15) is 0 Å². The third-order valence-electron chi connectivity index (χ3n) is 3.08. The van der Waals surface area contributed by atoms with Crippen LogP contribution in [0.15, 0.2) is 30.5 Å². The number of hydrogen-bond donors (Lipinski definition) is 2. The minimum Gasteiger partial charge on any atom is -0.481 e. The van der Waals surface area contributed by atoms with Crippen molar-refractivity contribution in [2.24, 2.45) is 0 Å². The van der Waals surface area contributed by atoms with Gasteiger partial charge in [0.05, 0.1) is 4.92 Å². The summed E-state index contributed by atoms with van der Waals surface area (Å²) >= 11 is 0. The predicted molar refractivity (Wildman–Crippen MR) is 78.4 cm³/mol. The predicted octanol–water partition coefficient (Wildman–Crippen LogP) is 2.81. The molecule has 0 aliphatic rings. The molecular weight excluding hydrogens is 274 g/mol. The summed E-state index contributed by atoms with van der Waals surface area (Å²) in [5.74, 6) is -0.806. The summed E-state index contributed by atoms with van der Waals surface area (Å²) in [6.07, 6.45) is 2.97. The standard InChI is InChI=1S/C14H15N3O4/c18-13(19)6-1-2-8-15-11-7-9-16-14-10(11)4-3-5-12(14)17(20)21/h3-5,7,9H,1-2,6,8H2,(H,15,16)(H,18,19). The Labute approximate surface area is 120 Å². The molecule has 1 heterocycles. The summed E-state index contributed by atoms with van der Waals surface area (Å²) in [6, 6.07) is 6.57. The molecule has 0 unspecified atom stereocenters. The van der Waals surface area contributed by atoms with Gasteiger partial charge in [0, 0.05) is 36.3 Å². The number of nitrogens with one attached hydrogen (secondary N) is 1. The summed E-state index contributed by atoms with van der Waals surface area (Å²) in [4.78, 5) is 25.0. The number of carboxylic acid groups (broad SMARTS) is 1. The lowest BCUT2D eigenvalue weighted by molar-refractivity contribution is -0.383. The van der Waals surface area contributed by atoms with Gasteiger partial charge in [0.2, 0.25) is 0 Å². The van der Waals surface area contributed by atoms with E-state index in [4.69, 9.17) is 5.11 Å². The molecular formula is C14H15N3O4. The summed E-state index contributed by atoms with van der Waals surface area (Å²) in [5.41, 5.74) is 1.08. The highest BCUT2D eigenvalue weighted by Gasteiger charge is 2.14. The summed E-state index contributed by atoms with van der Waals surface area (Å²) in [7, 11) is 0. The normalized spacial score (nSPS) is 10.5. The molecule has 1 aromatic carbocycles. The maximum atomic E-state index is 11.0. The minimum atomic E-state index is -0.806. The average Bonchev–Trinajstić information content (AvgIpc) is 2.46. The van der Waals surface area contributed by atoms with Crippen molar-refractivity contribution >= 4 is 28.2 Å². The van der Waals surface area contributed by atoms with E-state index >= 15 is 0 Å². The molecule has 0 amide bonds. The number of aromatic nitrogens is 1. The van der Waals surface area contributed by atoms with Gasteiger partial charge in [-0.15, -0.1) is 0 Å². The Morgan fingerprint density at radius 1 is 1.33 bits per heavy atom. The van der Waals surface area contributed by atoms with E-state index in [0.29, 0.717) is 30.3 Å². The molecule has 1 aromatic heterocycles. The number of non-ortho nitro benzene ring substituents is 1. The average molecular weight is 289 g/mol. The number of benzene rings is 1. The first kappa shape index (κ1) is 14.7. The van der Waals surface area contributed by atoms with E-state index in [1.807, 2.05) is 0 Å². The Kier molecular flexibility index (Phi) is 4.65. The first-order chi connectivity index (χ1) is 10.1. The molecule has 0 spiro atoms. The van der Waals surface area contributed by atoms with Gasteiger partial charge < -0.3 is 10.4 Å². The number of nitro benzene ring substituents is 1. The van der Waals surface area contributed by atoms with Crippen LogP contribution >= 0.6 is 0 Å². The van der Waals surface area contributed by atoms with Crippen LogP contribution in [0.25, 0.3) is 10.9 Å². The summed E-state index contributed by atoms with van der Waals surface area (Å²) in [6.45, 7) is 0.606. The lowest BCUT2D eigenvalue weighted by Gasteiger charge is -2.09. The number of nitrogens with zero attached hydrogens (tertiary/aromatic N) is 2. The van der Waals surface area contributed by atoms with E-state index in [9.17, 15) is 14.9 Å². The number of fused-ring (bicyclic) bond motifs is 1. The zero-order valence-electron chi connectivity index (χ0n) is 11.3. The van der Waals surface area contributed by atoms with Crippen molar-refractivity contribution in [2.75, 3.05) is 11.9 Å². The van der Waals surface area contributed by atoms with Gasteiger partial charge in [-0.25, -0.2) is 4.98 Å². The highest BCUT2D eigenvalue weighted by molar-refractivity contribution is 5.96. The topological polar surface area (TPSA) is 105 Å². The molecule has 0 fully saturated rings. The maximum Gasteiger partial charge on any atom is 0.303 e. The van der Waals surface area contributed by atoms with Crippen molar-refractivity contribution < 1.29 is 14.8 Å². The van der Waals surface area contributed by atoms with Gasteiger partial charge in [-0.3, -0.25) is 14.9 Å². The van der Waals surface area contributed by atoms with Crippen molar-refractivity contribution in [3.63, 3.8) is 0 Å². The monoisotopic (exact) mass is 289 g/mol. The molecule has 0 saturated heterocycles. The van der Waals surface area contributed by atoms with Gasteiger partial charge in [0.15, 0.2) is 0 Å². The van der Waals surface area contributed by atoms with Gasteiger partial charge in [0.25, 0.3) is 5.69 Å². The number of nitro groups is 1. The van der Waals surface area contributed by atoms with Crippen molar-refractivity contribution in [1.82, 2.24) is 4.98 Å². The summed E-state index contributed by atoms with van der Waals surface area (Å²) in [5, 5.41) is 23.4. The molecule has 2 N–H and O–H groups in total. The third-order valence-corrected chi connectivity index (χ3v) is 3.08. The van der Waals surface area contributed by atoms with Gasteiger partial charge in [-0.05, 0) is 18.9 Å². The number of rotatable bonds is 7. The molecule has 7 nitrogen and oxygen atoms in total. The van der Waals surface area contributed by atoms with Crippen LogP contribution in [0.3, 0.4) is 0 Å². The molecule has 7 heteroatoms. The van der Waals surface area contributed by atoms with E-state index in [0.717, 1.165) is 5.69 Å². The van der Waals surface area contributed by atoms with Crippen LogP contribution < -0.4 is 5.32 Å². The SMILES string of the molecule is O=C(O)CCCCNc1ccnc2c([N+](=O)[O-])cccc12. The molecule has 110 valence electrons. The first-order valence-corrected chi connectivity index (χ1v) is 6.57. The van der Waals surface area contributed by atoms with E-state index in [1.165, 1.54) is 12.3 Å². The second-order valence-electron chi connectivity index (χ2n) is 4.57. The van der Waals surface area contributed by atoms with Crippen LogP contribution in [0.1, 0.15) is 19.3 Å². The zero-order valence-corrected chi connectivity index (χ0v) is 11.3. The fourth-order valence-electron chi connectivity index (χ4n) is 2.09. The molecule has 0 atom stereocenters. The molecule has 0 saturated carbocycles. The molecule has 2 aromatic rings. The van der Waals surface area contributed by atoms with E-state index in [1.54, 1.807) is 18.2 Å². The number of carbonyl (C=O) groups is 1. The van der Waals surface area contributed by atoms with Gasteiger partial charge >= 0.3 is 5.97 Å². The Morgan fingerprint density at radius 3 is 2.86 bits per heavy atom. The quantitative estimate of drug-likeness (QED) is 0.461. The largest absolute Gasteiger partial charge is 0.481 e. The zero-order chi connectivity index (χ0) is 15.2. The number of carboxylic acids is 1. The van der Waals surface area contributed by atoms with Crippen molar-refractivity contribution in [3.8, 4) is 0 Å². The Morgan fingerprint density at radius 2 is 2.14 bits per heavy atom. The van der Waals surface area contributed by atoms with E-state index in [2.05, 4.69) is 10.3 Å². The van der Waals surface area contributed by atoms with E-state index in [-0.39, 0.29) is 12.1 Å². The second kappa shape index (κ2) is 6.65. The minimum absolute atomic E-state index is 0.0259. The number of unbranched alkanes of at least 4 members (excludes halogenated alkanes) is 1. The van der Waals surface area contributed by atoms with Crippen LogP contribution in [0.5, 0.6) is 0 Å². The van der Waals surface area contributed by atoms with Crippen molar-refractivity contribution in [3.05, 3.63) is 40.6 Å². The van der Waals surface area contributed by atoms with Gasteiger partial charge in [0.1, 0.15) is 5.52 Å². The molecule has 0 radical (unpaired) electrons. The smallest absolute Gasteiger partial charge is 0.303 e. The third kappa shape index (κ3) is 3.65. The van der Waals surface area contributed by atoms with Crippen molar-refractivity contribution in [1.29, 1.82) is 0 Å². The number of anilines is 1. The Hall–Kier alpha value is -2.70. The molecule has 0 bridgehead atoms. The van der Waals surface area contributed by atoms with Crippen LogP contribution in [0, 0.1) is 10.1 Å². The number of para-hydroxylation sites is 1. The van der Waals surface area contributed by atoms with Crippen LogP contribution in [-0.4, -0.2) is 27.5 Å². The second-order valence-corrected chi connectivity index (χ2v) is 4.57. The van der Waals surface area contributed by atoms with Crippen molar-refractivity contribution in [2.45, 2.75) is 19.3 Å². The maximum absolute atomic E-state index is 11.0. The number of hydrogen-bond acceptors (Lipinski definition) is 5. The Balaban J connectivity index is 2.12. The highest BCUT2D eigenvalue weighted by Crippen LogP contribution is 2.28. The first-order valence-electron chi connectivity index (χ1n) is 6.57. The fourth-order valence-corrected chi connectivity index (χ4v) is 2.09. The molecule has 2 rings (SSSR count). The summed E-state index contributed by atoms with van der Waals surface area (Å²) < 4.78 is 0. The number of pyridine rings is 1. The van der Waals surface area contributed by atoms with Gasteiger partial charge in [-0.1, -0.05) is 12.1 Å². The lowest BCUT2D eigenvalue weighted by atomic mass is 10.1. The number of aliphatic carboxylic acids is 1. The fraction of sp³-hybridized carbons (Fsp3) is 0.286. The van der Waals surface area contributed by atoms with E-state index < -0.39 is 10.9 Å². The van der Waals surface area contributed by atoms with Crippen LogP contribution in [0.4, 0.5) is 11.4 Å². The molecule has 21 heavy (non-hydrogen) atoms. The molecule has 0 aliphatic heterocycles.